The molecule has 0 aromatic heterocycles. The van der Waals surface area contributed by atoms with Gasteiger partial charge in [-0.3, -0.25) is 4.90 Å². The first-order chi connectivity index (χ1) is 5.20. The molecule has 0 amide bonds. The van der Waals surface area contributed by atoms with E-state index < -0.39 is 0 Å². The lowest BCUT2D eigenvalue weighted by atomic mass is 10.3. The van der Waals surface area contributed by atoms with Gasteiger partial charge in [-0.1, -0.05) is 6.92 Å². The molecule has 0 fully saturated rings. The molecule has 0 saturated heterocycles. The Kier molecular flexibility index (Phi) is 6.51. The molecule has 3 heteroatoms. The molecule has 68 valence electrons. The zero-order chi connectivity index (χ0) is 8.69. The van der Waals surface area contributed by atoms with Gasteiger partial charge in [0.2, 0.25) is 0 Å². The van der Waals surface area contributed by atoms with Crippen molar-refractivity contribution in [3.63, 3.8) is 0 Å². The van der Waals surface area contributed by atoms with Crippen LogP contribution in [-0.2, 0) is 0 Å². The lowest BCUT2D eigenvalue weighted by Gasteiger charge is -2.21. The van der Waals surface area contributed by atoms with E-state index in [1.807, 2.05) is 0 Å². The van der Waals surface area contributed by atoms with Gasteiger partial charge in [0, 0.05) is 13.1 Å². The Hall–Kier alpha value is -0.120. The summed E-state index contributed by atoms with van der Waals surface area (Å²) >= 11 is 0. The second kappa shape index (κ2) is 6.58. The summed E-state index contributed by atoms with van der Waals surface area (Å²) in [5.74, 6) is 0. The highest BCUT2D eigenvalue weighted by atomic mass is 16.3. The second-order valence-corrected chi connectivity index (χ2v) is 2.87. The van der Waals surface area contributed by atoms with Crippen molar-refractivity contribution in [1.82, 2.24) is 4.90 Å². The van der Waals surface area contributed by atoms with Crippen molar-refractivity contribution >= 4 is 0 Å². The van der Waals surface area contributed by atoms with Crippen molar-refractivity contribution < 1.29 is 10.2 Å². The van der Waals surface area contributed by atoms with Crippen molar-refractivity contribution in [2.45, 2.75) is 26.4 Å². The molecule has 0 aromatic carbocycles. The minimum atomic E-state index is -0.298. The van der Waals surface area contributed by atoms with Gasteiger partial charge in [0.1, 0.15) is 0 Å². The van der Waals surface area contributed by atoms with Gasteiger partial charge in [-0.15, -0.1) is 0 Å². The number of hydrogen-bond acceptors (Lipinski definition) is 3. The number of rotatable bonds is 6. The zero-order valence-electron chi connectivity index (χ0n) is 7.45. The highest BCUT2D eigenvalue weighted by Crippen LogP contribution is 1.93. The van der Waals surface area contributed by atoms with E-state index in [4.69, 9.17) is 10.2 Å². The minimum absolute atomic E-state index is 0.173. The van der Waals surface area contributed by atoms with Crippen LogP contribution >= 0.6 is 0 Å². The van der Waals surface area contributed by atoms with Crippen molar-refractivity contribution in [3.8, 4) is 0 Å². The lowest BCUT2D eigenvalue weighted by molar-refractivity contribution is 0.111. The van der Waals surface area contributed by atoms with Crippen LogP contribution in [0.4, 0.5) is 0 Å². The first-order valence-electron chi connectivity index (χ1n) is 4.22. The summed E-state index contributed by atoms with van der Waals surface area (Å²) in [5.41, 5.74) is 0. The molecule has 0 aliphatic rings. The average molecular weight is 161 g/mol. The molecule has 0 rings (SSSR count). The molecule has 0 bridgehead atoms. The first kappa shape index (κ1) is 10.9. The van der Waals surface area contributed by atoms with Crippen LogP contribution < -0.4 is 0 Å². The second-order valence-electron chi connectivity index (χ2n) is 2.87. The Morgan fingerprint density at radius 1 is 1.36 bits per heavy atom. The molecule has 2 N–H and O–H groups in total. The molecule has 0 radical (unpaired) electrons. The summed E-state index contributed by atoms with van der Waals surface area (Å²) in [7, 11) is 0. The third kappa shape index (κ3) is 6.28. The van der Waals surface area contributed by atoms with Crippen LogP contribution in [0.15, 0.2) is 0 Å². The topological polar surface area (TPSA) is 43.7 Å². The summed E-state index contributed by atoms with van der Waals surface area (Å²) in [6, 6.07) is 0. The van der Waals surface area contributed by atoms with Crippen molar-refractivity contribution in [1.29, 1.82) is 0 Å². The maximum Gasteiger partial charge on any atom is 0.0639 e. The molecule has 0 heterocycles. The molecule has 0 aliphatic heterocycles. The van der Waals surface area contributed by atoms with E-state index in [1.165, 1.54) is 0 Å². The molecule has 0 unspecified atom stereocenters. The van der Waals surface area contributed by atoms with Gasteiger partial charge in [0.25, 0.3) is 0 Å². The highest BCUT2D eigenvalue weighted by molar-refractivity contribution is 4.59. The van der Waals surface area contributed by atoms with Gasteiger partial charge in [0.05, 0.1) is 12.7 Å². The normalized spacial score (nSPS) is 13.9. The molecule has 0 aromatic rings. The van der Waals surface area contributed by atoms with Crippen LogP contribution in [-0.4, -0.2) is 47.5 Å². The average Bonchev–Trinajstić information content (AvgIpc) is 1.87. The Morgan fingerprint density at radius 3 is 2.36 bits per heavy atom. The summed E-state index contributed by atoms with van der Waals surface area (Å²) in [6.07, 6.45) is 0.764. The maximum absolute atomic E-state index is 9.05. The predicted octanol–water partition coefficient (Wildman–Crippen LogP) is 0.0715. The number of nitrogens with zero attached hydrogens (tertiary/aromatic N) is 1. The molecule has 3 nitrogen and oxygen atoms in total. The standard InChI is InChI=1S/C8H19NO2/c1-3-4-9(5-6-10)7-8(2)11/h8,10-11H,3-7H2,1-2H3/t8-/m1/s1. The van der Waals surface area contributed by atoms with Crippen LogP contribution in [0.3, 0.4) is 0 Å². The van der Waals surface area contributed by atoms with E-state index >= 15 is 0 Å². The predicted molar refractivity (Wildman–Crippen MR) is 45.5 cm³/mol. The maximum atomic E-state index is 9.05. The van der Waals surface area contributed by atoms with E-state index in [9.17, 15) is 0 Å². The van der Waals surface area contributed by atoms with Gasteiger partial charge >= 0.3 is 0 Å². The summed E-state index contributed by atoms with van der Waals surface area (Å²) in [4.78, 5) is 2.06. The number of hydrogen-bond donors (Lipinski definition) is 2. The van der Waals surface area contributed by atoms with E-state index in [-0.39, 0.29) is 12.7 Å². The summed E-state index contributed by atoms with van der Waals surface area (Å²) < 4.78 is 0. The lowest BCUT2D eigenvalue weighted by Crippen LogP contribution is -2.33. The van der Waals surface area contributed by atoms with Gasteiger partial charge in [0.15, 0.2) is 0 Å². The quantitative estimate of drug-likeness (QED) is 0.579. The summed E-state index contributed by atoms with van der Waals surface area (Å²) in [6.45, 7) is 6.30. The van der Waals surface area contributed by atoms with Crippen LogP contribution in [0.2, 0.25) is 0 Å². The Morgan fingerprint density at radius 2 is 2.00 bits per heavy atom. The van der Waals surface area contributed by atoms with Crippen molar-refractivity contribution in [3.05, 3.63) is 0 Å². The fraction of sp³-hybridized carbons (Fsp3) is 1.00. The van der Waals surface area contributed by atoms with Crippen LogP contribution in [0.1, 0.15) is 20.3 Å². The fourth-order valence-electron chi connectivity index (χ4n) is 1.13. The SMILES string of the molecule is CCCN(CCO)C[C@@H](C)O. The van der Waals surface area contributed by atoms with Gasteiger partial charge in [-0.05, 0) is 19.9 Å². The van der Waals surface area contributed by atoms with Gasteiger partial charge in [-0.2, -0.15) is 0 Å². The van der Waals surface area contributed by atoms with Crippen molar-refractivity contribution in [2.75, 3.05) is 26.2 Å². The van der Waals surface area contributed by atoms with Gasteiger partial charge < -0.3 is 10.2 Å². The first-order valence-corrected chi connectivity index (χ1v) is 4.22. The third-order valence-corrected chi connectivity index (χ3v) is 1.48. The molecule has 1 atom stereocenters. The smallest absolute Gasteiger partial charge is 0.0639 e. The molecule has 0 saturated carbocycles. The molecule has 0 aliphatic carbocycles. The Bertz CT molecular complexity index is 80.2. The van der Waals surface area contributed by atoms with Crippen molar-refractivity contribution in [2.24, 2.45) is 0 Å². The molecular formula is C8H19NO2. The third-order valence-electron chi connectivity index (χ3n) is 1.48. The Labute approximate surface area is 68.6 Å². The largest absolute Gasteiger partial charge is 0.395 e. The molecule has 0 spiro atoms. The van der Waals surface area contributed by atoms with Gasteiger partial charge in [-0.25, -0.2) is 0 Å². The van der Waals surface area contributed by atoms with E-state index in [0.29, 0.717) is 13.1 Å². The van der Waals surface area contributed by atoms with E-state index in [2.05, 4.69) is 11.8 Å². The molecule has 11 heavy (non-hydrogen) atoms. The van der Waals surface area contributed by atoms with E-state index in [1.54, 1.807) is 6.92 Å². The Balaban J connectivity index is 3.50. The highest BCUT2D eigenvalue weighted by Gasteiger charge is 2.05. The molecular weight excluding hydrogens is 142 g/mol. The zero-order valence-corrected chi connectivity index (χ0v) is 7.45. The van der Waals surface area contributed by atoms with Crippen LogP contribution in [0.5, 0.6) is 0 Å². The minimum Gasteiger partial charge on any atom is -0.395 e. The van der Waals surface area contributed by atoms with Crippen LogP contribution in [0, 0.1) is 0 Å². The number of aliphatic hydroxyl groups excluding tert-OH is 2. The van der Waals surface area contributed by atoms with E-state index in [0.717, 1.165) is 13.0 Å². The summed E-state index contributed by atoms with van der Waals surface area (Å²) in [5, 5.41) is 17.7. The fourth-order valence-corrected chi connectivity index (χ4v) is 1.13. The monoisotopic (exact) mass is 161 g/mol. The number of aliphatic hydroxyl groups is 2. The van der Waals surface area contributed by atoms with Crippen LogP contribution in [0.25, 0.3) is 0 Å².